The molecule has 19 heavy (non-hydrogen) atoms. The van der Waals surface area contributed by atoms with Gasteiger partial charge in [0, 0.05) is 27.8 Å². The van der Waals surface area contributed by atoms with Crippen LogP contribution in [-0.4, -0.2) is 16.2 Å². The summed E-state index contributed by atoms with van der Waals surface area (Å²) in [6.07, 6.45) is 0.579. The highest BCUT2D eigenvalue weighted by atomic mass is 35.5. The van der Waals surface area contributed by atoms with Crippen molar-refractivity contribution in [3.8, 4) is 0 Å². The van der Waals surface area contributed by atoms with Crippen LogP contribution in [0.2, 0.25) is 10.0 Å². The third-order valence-corrected chi connectivity index (χ3v) is 4.64. The predicted molar refractivity (Wildman–Crippen MR) is 81.5 cm³/mol. The van der Waals surface area contributed by atoms with E-state index in [2.05, 4.69) is 4.98 Å². The minimum Gasteiger partial charge on any atom is -0.392 e. The number of nitrogens with zero attached hydrogens (tertiary/aromatic N) is 1. The van der Waals surface area contributed by atoms with Gasteiger partial charge in [0.15, 0.2) is 0 Å². The number of aromatic nitrogens is 1. The minimum atomic E-state index is -0.483. The molecule has 0 aliphatic heterocycles. The zero-order valence-electron chi connectivity index (χ0n) is 10.8. The Labute approximate surface area is 127 Å². The van der Waals surface area contributed by atoms with Crippen LogP contribution in [0.5, 0.6) is 0 Å². The van der Waals surface area contributed by atoms with E-state index in [1.807, 2.05) is 19.9 Å². The lowest BCUT2D eigenvalue weighted by Gasteiger charge is -2.10. The monoisotopic (exact) mass is 315 g/mol. The van der Waals surface area contributed by atoms with E-state index in [1.165, 1.54) is 4.88 Å². The molecule has 0 aliphatic rings. The van der Waals surface area contributed by atoms with Crippen LogP contribution in [0.1, 0.15) is 21.1 Å². The van der Waals surface area contributed by atoms with Gasteiger partial charge in [-0.05, 0) is 31.5 Å². The first-order valence-corrected chi connectivity index (χ1v) is 7.58. The summed E-state index contributed by atoms with van der Waals surface area (Å²) in [5.41, 5.74) is 1.94. The molecule has 0 radical (unpaired) electrons. The van der Waals surface area contributed by atoms with E-state index in [9.17, 15) is 5.11 Å². The smallest absolute Gasteiger partial charge is 0.0956 e. The van der Waals surface area contributed by atoms with Crippen LogP contribution in [0.4, 0.5) is 0 Å². The maximum Gasteiger partial charge on any atom is 0.0956 e. The highest BCUT2D eigenvalue weighted by molar-refractivity contribution is 7.11. The summed E-state index contributed by atoms with van der Waals surface area (Å²) in [6, 6.07) is 5.34. The maximum absolute atomic E-state index is 10.1. The molecule has 1 aromatic heterocycles. The van der Waals surface area contributed by atoms with Crippen molar-refractivity contribution in [2.45, 2.75) is 32.8 Å². The summed E-state index contributed by atoms with van der Waals surface area (Å²) >= 11 is 13.6. The Morgan fingerprint density at radius 1 is 1.26 bits per heavy atom. The molecule has 1 atom stereocenters. The zero-order chi connectivity index (χ0) is 14.0. The first-order valence-electron chi connectivity index (χ1n) is 6.00. The van der Waals surface area contributed by atoms with E-state index in [0.29, 0.717) is 22.9 Å². The number of aliphatic hydroxyl groups is 1. The molecule has 1 unspecified atom stereocenters. The van der Waals surface area contributed by atoms with E-state index in [-0.39, 0.29) is 0 Å². The van der Waals surface area contributed by atoms with Crippen LogP contribution in [-0.2, 0) is 12.8 Å². The molecule has 2 aromatic rings. The number of aryl methyl sites for hydroxylation is 2. The minimum absolute atomic E-state index is 0.483. The van der Waals surface area contributed by atoms with Crippen LogP contribution in [0.25, 0.3) is 0 Å². The second-order valence-electron chi connectivity index (χ2n) is 4.55. The van der Waals surface area contributed by atoms with Crippen molar-refractivity contribution < 1.29 is 5.11 Å². The number of benzene rings is 1. The largest absolute Gasteiger partial charge is 0.392 e. The fourth-order valence-corrected chi connectivity index (χ4v) is 3.33. The highest BCUT2D eigenvalue weighted by Gasteiger charge is 2.13. The molecular formula is C14H15Cl2NOS. The third kappa shape index (κ3) is 3.93. The van der Waals surface area contributed by atoms with Gasteiger partial charge in [-0.15, -0.1) is 11.3 Å². The van der Waals surface area contributed by atoms with Gasteiger partial charge in [0.1, 0.15) is 0 Å². The van der Waals surface area contributed by atoms with Crippen molar-refractivity contribution in [1.82, 2.24) is 4.98 Å². The van der Waals surface area contributed by atoms with Gasteiger partial charge in [0.25, 0.3) is 0 Å². The van der Waals surface area contributed by atoms with Gasteiger partial charge in [0.2, 0.25) is 0 Å². The summed E-state index contributed by atoms with van der Waals surface area (Å²) in [6.45, 7) is 4.02. The molecule has 1 N–H and O–H groups in total. The predicted octanol–water partition coefficient (Wildman–Crippen LogP) is 4.21. The van der Waals surface area contributed by atoms with Gasteiger partial charge in [-0.3, -0.25) is 0 Å². The maximum atomic E-state index is 10.1. The van der Waals surface area contributed by atoms with E-state index >= 15 is 0 Å². The number of rotatable bonds is 4. The molecule has 0 amide bonds. The molecule has 0 bridgehead atoms. The van der Waals surface area contributed by atoms with Crippen molar-refractivity contribution in [2.24, 2.45) is 0 Å². The third-order valence-electron chi connectivity index (χ3n) is 2.95. The molecule has 0 aliphatic carbocycles. The van der Waals surface area contributed by atoms with Crippen LogP contribution in [0.3, 0.4) is 0 Å². The van der Waals surface area contributed by atoms with Gasteiger partial charge in [-0.2, -0.15) is 0 Å². The standard InChI is InChI=1S/C14H15Cl2NOS/c1-8-9(2)19-14(17-8)7-12(18)5-10-3-4-11(15)6-13(10)16/h3-4,6,12,18H,5,7H2,1-2H3. The van der Waals surface area contributed by atoms with Crippen molar-refractivity contribution in [3.63, 3.8) is 0 Å². The Morgan fingerprint density at radius 3 is 2.58 bits per heavy atom. The summed E-state index contributed by atoms with van der Waals surface area (Å²) in [7, 11) is 0. The Kier molecular flexibility index (Phi) is 4.85. The second-order valence-corrected chi connectivity index (χ2v) is 6.68. The van der Waals surface area contributed by atoms with Crippen LogP contribution in [0.15, 0.2) is 18.2 Å². The van der Waals surface area contributed by atoms with E-state index in [1.54, 1.807) is 23.5 Å². The van der Waals surface area contributed by atoms with Crippen LogP contribution < -0.4 is 0 Å². The molecule has 0 saturated carbocycles. The number of halogens is 2. The summed E-state index contributed by atoms with van der Waals surface area (Å²) < 4.78 is 0. The lowest BCUT2D eigenvalue weighted by atomic mass is 10.1. The van der Waals surface area contributed by atoms with Gasteiger partial charge >= 0.3 is 0 Å². The summed E-state index contributed by atoms with van der Waals surface area (Å²) in [5, 5.41) is 12.3. The van der Waals surface area contributed by atoms with E-state index in [0.717, 1.165) is 16.3 Å². The van der Waals surface area contributed by atoms with E-state index < -0.39 is 6.10 Å². The lowest BCUT2D eigenvalue weighted by molar-refractivity contribution is 0.175. The van der Waals surface area contributed by atoms with Crippen molar-refractivity contribution in [3.05, 3.63) is 49.4 Å². The normalized spacial score (nSPS) is 12.7. The van der Waals surface area contributed by atoms with Gasteiger partial charge in [0.05, 0.1) is 16.8 Å². The molecule has 1 heterocycles. The molecule has 102 valence electrons. The Balaban J connectivity index is 2.02. The summed E-state index contributed by atoms with van der Waals surface area (Å²) in [4.78, 5) is 5.63. The quantitative estimate of drug-likeness (QED) is 0.916. The van der Waals surface area contributed by atoms with Crippen LogP contribution >= 0.6 is 34.5 Å². The highest BCUT2D eigenvalue weighted by Crippen LogP contribution is 2.24. The SMILES string of the molecule is Cc1nc(CC(O)Cc2ccc(Cl)cc2Cl)sc1C. The number of hydrogen-bond donors (Lipinski definition) is 1. The first kappa shape index (κ1) is 14.8. The van der Waals surface area contributed by atoms with Crippen LogP contribution in [0, 0.1) is 13.8 Å². The molecule has 1 aromatic carbocycles. The Morgan fingerprint density at radius 2 is 2.00 bits per heavy atom. The Hall–Kier alpha value is -0.610. The van der Waals surface area contributed by atoms with Crippen molar-refractivity contribution in [1.29, 1.82) is 0 Å². The topological polar surface area (TPSA) is 33.1 Å². The zero-order valence-corrected chi connectivity index (χ0v) is 13.1. The number of thiazole rings is 1. The molecule has 5 heteroatoms. The van der Waals surface area contributed by atoms with Crippen molar-refractivity contribution in [2.75, 3.05) is 0 Å². The molecular weight excluding hydrogens is 301 g/mol. The average molecular weight is 316 g/mol. The molecule has 0 saturated heterocycles. The second kappa shape index (κ2) is 6.23. The number of aliphatic hydroxyl groups excluding tert-OH is 1. The fraction of sp³-hybridized carbons (Fsp3) is 0.357. The molecule has 0 fully saturated rings. The Bertz CT molecular complexity index is 563. The van der Waals surface area contributed by atoms with Gasteiger partial charge < -0.3 is 5.11 Å². The fourth-order valence-electron chi connectivity index (χ4n) is 1.84. The molecule has 2 nitrogen and oxygen atoms in total. The molecule has 2 rings (SSSR count). The number of hydrogen-bond acceptors (Lipinski definition) is 3. The van der Waals surface area contributed by atoms with E-state index in [4.69, 9.17) is 23.2 Å². The van der Waals surface area contributed by atoms with Crippen molar-refractivity contribution >= 4 is 34.5 Å². The van der Waals surface area contributed by atoms with Gasteiger partial charge in [-0.1, -0.05) is 29.3 Å². The first-order chi connectivity index (χ1) is 8.95. The molecule has 0 spiro atoms. The summed E-state index contributed by atoms with van der Waals surface area (Å²) in [5.74, 6) is 0. The van der Waals surface area contributed by atoms with Gasteiger partial charge in [-0.25, -0.2) is 4.98 Å². The lowest BCUT2D eigenvalue weighted by Crippen LogP contribution is -2.14. The average Bonchev–Trinajstić information content (AvgIpc) is 2.62.